The molecule has 4 rings (SSSR count). The number of aryl methyl sites for hydroxylation is 1. The Labute approximate surface area is 163 Å². The number of pyridine rings is 1. The van der Waals surface area contributed by atoms with E-state index in [0.717, 1.165) is 28.1 Å². The molecule has 2 aromatic carbocycles. The highest BCUT2D eigenvalue weighted by molar-refractivity contribution is 6.31. The molecule has 0 saturated carbocycles. The highest BCUT2D eigenvalue weighted by Gasteiger charge is 2.33. The molecule has 0 radical (unpaired) electrons. The van der Waals surface area contributed by atoms with E-state index < -0.39 is 11.7 Å². The minimum Gasteiger partial charge on any atom is -0.340 e. The third kappa shape index (κ3) is 3.53. The number of hydrogen-bond acceptors (Lipinski definition) is 3. The summed E-state index contributed by atoms with van der Waals surface area (Å²) in [5, 5.41) is 7.88. The second-order valence-electron chi connectivity index (χ2n) is 6.29. The standard InChI is InChI=1S/C20H14ClF3N4/c1-28-18-5-2-12(8-14(18)11-26-28)13-6-7-25-19(9-13)27-15-3-4-16(17(21)10-15)20(22,23)24/h2-11H,1H3,(H,25,27). The highest BCUT2D eigenvalue weighted by atomic mass is 35.5. The molecule has 4 aromatic rings. The van der Waals surface area contributed by atoms with Crippen LogP contribution in [0.25, 0.3) is 22.0 Å². The van der Waals surface area contributed by atoms with Crippen LogP contribution in [0.15, 0.2) is 60.9 Å². The van der Waals surface area contributed by atoms with Crippen molar-refractivity contribution >= 4 is 34.0 Å². The van der Waals surface area contributed by atoms with Crippen LogP contribution in [0.1, 0.15) is 5.56 Å². The van der Waals surface area contributed by atoms with Gasteiger partial charge in [0.05, 0.1) is 22.3 Å². The van der Waals surface area contributed by atoms with E-state index in [1.54, 1.807) is 17.1 Å². The van der Waals surface area contributed by atoms with Crippen molar-refractivity contribution in [2.24, 2.45) is 7.05 Å². The number of benzene rings is 2. The zero-order valence-corrected chi connectivity index (χ0v) is 15.4. The molecule has 0 saturated heterocycles. The van der Waals surface area contributed by atoms with Crippen LogP contribution in [-0.2, 0) is 13.2 Å². The maximum atomic E-state index is 12.8. The lowest BCUT2D eigenvalue weighted by atomic mass is 10.1. The summed E-state index contributed by atoms with van der Waals surface area (Å²) in [7, 11) is 1.88. The van der Waals surface area contributed by atoms with E-state index in [4.69, 9.17) is 11.6 Å². The average molecular weight is 403 g/mol. The van der Waals surface area contributed by atoms with Crippen LogP contribution in [0.3, 0.4) is 0 Å². The van der Waals surface area contributed by atoms with Crippen molar-refractivity contribution in [3.8, 4) is 11.1 Å². The Morgan fingerprint density at radius 3 is 2.54 bits per heavy atom. The normalized spacial score (nSPS) is 11.8. The monoisotopic (exact) mass is 402 g/mol. The lowest BCUT2D eigenvalue weighted by molar-refractivity contribution is -0.137. The second kappa shape index (κ2) is 6.83. The Bertz CT molecular complexity index is 1170. The molecular weight excluding hydrogens is 389 g/mol. The molecule has 0 aliphatic carbocycles. The second-order valence-corrected chi connectivity index (χ2v) is 6.70. The van der Waals surface area contributed by atoms with E-state index in [1.165, 1.54) is 12.1 Å². The van der Waals surface area contributed by atoms with Crippen LogP contribution in [0.4, 0.5) is 24.7 Å². The largest absolute Gasteiger partial charge is 0.417 e. The quantitative estimate of drug-likeness (QED) is 0.453. The van der Waals surface area contributed by atoms with Gasteiger partial charge in [0.2, 0.25) is 0 Å². The molecule has 28 heavy (non-hydrogen) atoms. The molecule has 0 fully saturated rings. The molecular formula is C20H14ClF3N4. The lowest BCUT2D eigenvalue weighted by Crippen LogP contribution is -2.06. The average Bonchev–Trinajstić information content (AvgIpc) is 3.01. The van der Waals surface area contributed by atoms with Gasteiger partial charge in [0.1, 0.15) is 5.82 Å². The van der Waals surface area contributed by atoms with Gasteiger partial charge in [0, 0.05) is 24.3 Å². The van der Waals surface area contributed by atoms with E-state index in [0.29, 0.717) is 11.5 Å². The summed E-state index contributed by atoms with van der Waals surface area (Å²) < 4.78 is 40.3. The van der Waals surface area contributed by atoms with Crippen LogP contribution in [0.5, 0.6) is 0 Å². The lowest BCUT2D eigenvalue weighted by Gasteiger charge is -2.12. The fourth-order valence-electron chi connectivity index (χ4n) is 2.99. The summed E-state index contributed by atoms with van der Waals surface area (Å²) in [6.45, 7) is 0. The maximum absolute atomic E-state index is 12.8. The van der Waals surface area contributed by atoms with Gasteiger partial charge in [-0.1, -0.05) is 17.7 Å². The Morgan fingerprint density at radius 1 is 1.00 bits per heavy atom. The van der Waals surface area contributed by atoms with E-state index in [2.05, 4.69) is 15.4 Å². The van der Waals surface area contributed by atoms with Crippen molar-refractivity contribution in [1.82, 2.24) is 14.8 Å². The highest BCUT2D eigenvalue weighted by Crippen LogP contribution is 2.36. The number of rotatable bonds is 3. The summed E-state index contributed by atoms with van der Waals surface area (Å²) in [5.74, 6) is 0.500. The van der Waals surface area contributed by atoms with E-state index in [9.17, 15) is 13.2 Å². The van der Waals surface area contributed by atoms with Gasteiger partial charge >= 0.3 is 6.18 Å². The first-order valence-corrected chi connectivity index (χ1v) is 8.71. The van der Waals surface area contributed by atoms with Gasteiger partial charge in [0.15, 0.2) is 0 Å². The number of nitrogens with one attached hydrogen (secondary N) is 1. The summed E-state index contributed by atoms with van der Waals surface area (Å²) in [5.41, 5.74) is 2.48. The number of nitrogens with zero attached hydrogens (tertiary/aromatic N) is 3. The van der Waals surface area contributed by atoms with Crippen LogP contribution in [-0.4, -0.2) is 14.8 Å². The minimum atomic E-state index is -4.49. The number of fused-ring (bicyclic) bond motifs is 1. The summed E-state index contributed by atoms with van der Waals surface area (Å²) in [6.07, 6.45) is -1.06. The number of alkyl halides is 3. The molecule has 2 heterocycles. The molecule has 0 aliphatic rings. The van der Waals surface area contributed by atoms with Crippen molar-refractivity contribution in [1.29, 1.82) is 0 Å². The van der Waals surface area contributed by atoms with Gasteiger partial charge in [-0.25, -0.2) is 4.98 Å². The van der Waals surface area contributed by atoms with Crippen molar-refractivity contribution in [2.75, 3.05) is 5.32 Å². The third-order valence-electron chi connectivity index (χ3n) is 4.39. The number of hydrogen-bond donors (Lipinski definition) is 1. The Hall–Kier alpha value is -3.06. The van der Waals surface area contributed by atoms with Crippen LogP contribution in [0.2, 0.25) is 5.02 Å². The molecule has 0 amide bonds. The number of anilines is 2. The van der Waals surface area contributed by atoms with Crippen molar-refractivity contribution in [3.05, 3.63) is 71.5 Å². The molecule has 4 nitrogen and oxygen atoms in total. The smallest absolute Gasteiger partial charge is 0.340 e. The molecule has 0 bridgehead atoms. The van der Waals surface area contributed by atoms with E-state index >= 15 is 0 Å². The summed E-state index contributed by atoms with van der Waals surface area (Å²) >= 11 is 5.78. The topological polar surface area (TPSA) is 42.7 Å². The van der Waals surface area contributed by atoms with Crippen LogP contribution in [0, 0.1) is 0 Å². The van der Waals surface area contributed by atoms with Crippen LogP contribution >= 0.6 is 11.6 Å². The zero-order chi connectivity index (χ0) is 19.9. The Kier molecular flexibility index (Phi) is 4.47. The number of halogens is 4. The van der Waals surface area contributed by atoms with Gasteiger partial charge < -0.3 is 5.32 Å². The third-order valence-corrected chi connectivity index (χ3v) is 4.70. The van der Waals surface area contributed by atoms with Crippen molar-refractivity contribution < 1.29 is 13.2 Å². The Morgan fingerprint density at radius 2 is 1.79 bits per heavy atom. The first-order chi connectivity index (χ1) is 13.3. The van der Waals surface area contributed by atoms with E-state index in [-0.39, 0.29) is 5.02 Å². The van der Waals surface area contributed by atoms with Crippen LogP contribution < -0.4 is 5.32 Å². The van der Waals surface area contributed by atoms with Gasteiger partial charge in [-0.15, -0.1) is 0 Å². The van der Waals surface area contributed by atoms with Crippen molar-refractivity contribution in [2.45, 2.75) is 6.18 Å². The molecule has 0 aliphatic heterocycles. The maximum Gasteiger partial charge on any atom is 0.417 e. The van der Waals surface area contributed by atoms with Gasteiger partial charge in [-0.2, -0.15) is 18.3 Å². The first kappa shape index (κ1) is 18.3. The molecule has 0 atom stereocenters. The molecule has 8 heteroatoms. The van der Waals surface area contributed by atoms with E-state index in [1.807, 2.05) is 37.4 Å². The summed E-state index contributed by atoms with van der Waals surface area (Å²) in [6, 6.07) is 13.2. The zero-order valence-electron chi connectivity index (χ0n) is 14.6. The SMILES string of the molecule is Cn1ncc2cc(-c3ccnc(Nc4ccc(C(F)(F)F)c(Cl)c4)c3)ccc21. The molecule has 142 valence electrons. The van der Waals surface area contributed by atoms with Gasteiger partial charge in [0.25, 0.3) is 0 Å². The van der Waals surface area contributed by atoms with Crippen molar-refractivity contribution in [3.63, 3.8) is 0 Å². The Balaban J connectivity index is 1.62. The molecule has 1 N–H and O–H groups in total. The molecule has 2 aromatic heterocycles. The predicted octanol–water partition coefficient (Wildman–Crippen LogP) is 6.05. The van der Waals surface area contributed by atoms with Gasteiger partial charge in [-0.05, 0) is 53.6 Å². The first-order valence-electron chi connectivity index (χ1n) is 8.33. The van der Waals surface area contributed by atoms with Gasteiger partial charge in [-0.3, -0.25) is 4.68 Å². The molecule has 0 spiro atoms. The summed E-state index contributed by atoms with van der Waals surface area (Å²) in [4.78, 5) is 4.23. The fourth-order valence-corrected chi connectivity index (χ4v) is 3.28. The molecule has 0 unspecified atom stereocenters. The fraction of sp³-hybridized carbons (Fsp3) is 0.100. The minimum absolute atomic E-state index is 0.365. The predicted molar refractivity (Wildman–Crippen MR) is 104 cm³/mol. The number of aromatic nitrogens is 3.